The molecule has 1 N–H and O–H groups in total. The molecule has 1 unspecified atom stereocenters. The summed E-state index contributed by atoms with van der Waals surface area (Å²) >= 11 is 3.40. The molecule has 0 aliphatic carbocycles. The fourth-order valence-electron chi connectivity index (χ4n) is 2.77. The molecular formula is C16H24BrFN2. The summed E-state index contributed by atoms with van der Waals surface area (Å²) in [5.41, 5.74) is 0.740. The molecule has 4 heteroatoms. The zero-order valence-corrected chi connectivity index (χ0v) is 13.9. The minimum absolute atomic E-state index is 0.127. The molecule has 0 bridgehead atoms. The Morgan fingerprint density at radius 3 is 2.90 bits per heavy atom. The second kappa shape index (κ2) is 7.53. The summed E-state index contributed by atoms with van der Waals surface area (Å²) < 4.78 is 14.6. The van der Waals surface area contributed by atoms with Crippen LogP contribution in [0, 0.1) is 5.82 Å². The summed E-state index contributed by atoms with van der Waals surface area (Å²) in [5.74, 6) is -0.127. The van der Waals surface area contributed by atoms with Crippen molar-refractivity contribution in [3.8, 4) is 0 Å². The van der Waals surface area contributed by atoms with Crippen LogP contribution in [0.25, 0.3) is 0 Å². The van der Waals surface area contributed by atoms with E-state index in [1.54, 1.807) is 6.07 Å². The number of nitrogens with one attached hydrogen (secondary N) is 1. The lowest BCUT2D eigenvalue weighted by Crippen LogP contribution is -2.33. The molecule has 1 heterocycles. The minimum Gasteiger partial charge on any atom is -0.310 e. The van der Waals surface area contributed by atoms with Gasteiger partial charge in [-0.2, -0.15) is 0 Å². The van der Waals surface area contributed by atoms with Crippen molar-refractivity contribution in [2.45, 2.75) is 51.7 Å². The fraction of sp³-hybridized carbons (Fsp3) is 0.625. The molecule has 0 radical (unpaired) electrons. The molecule has 0 amide bonds. The van der Waals surface area contributed by atoms with E-state index in [2.05, 4.69) is 40.0 Å². The van der Waals surface area contributed by atoms with E-state index in [4.69, 9.17) is 0 Å². The molecular weight excluding hydrogens is 319 g/mol. The Balaban J connectivity index is 1.86. The summed E-state index contributed by atoms with van der Waals surface area (Å²) in [6.07, 6.45) is 3.55. The van der Waals surface area contributed by atoms with Crippen LogP contribution in [0.3, 0.4) is 0 Å². The zero-order valence-electron chi connectivity index (χ0n) is 12.3. The predicted molar refractivity (Wildman–Crippen MR) is 85.3 cm³/mol. The maximum Gasteiger partial charge on any atom is 0.127 e. The van der Waals surface area contributed by atoms with Crippen LogP contribution in [0.15, 0.2) is 22.7 Å². The molecule has 1 fully saturated rings. The standard InChI is InChI=1S/C16H24BrFN2/c1-12(2)20-8-3-4-15(7-9-20)19-11-13-10-14(17)5-6-16(13)18/h5-6,10,12,15,19H,3-4,7-9,11H2,1-2H3. The van der Waals surface area contributed by atoms with E-state index in [-0.39, 0.29) is 5.82 Å². The molecule has 1 aliphatic rings. The van der Waals surface area contributed by atoms with Crippen LogP contribution < -0.4 is 5.32 Å². The van der Waals surface area contributed by atoms with Gasteiger partial charge in [0.2, 0.25) is 0 Å². The third-order valence-electron chi connectivity index (χ3n) is 4.08. The number of halogens is 2. The van der Waals surface area contributed by atoms with Gasteiger partial charge in [0.15, 0.2) is 0 Å². The van der Waals surface area contributed by atoms with Gasteiger partial charge in [0, 0.05) is 28.7 Å². The van der Waals surface area contributed by atoms with E-state index in [1.165, 1.54) is 25.5 Å². The minimum atomic E-state index is -0.127. The van der Waals surface area contributed by atoms with Crippen LogP contribution >= 0.6 is 15.9 Å². The topological polar surface area (TPSA) is 15.3 Å². The Bertz CT molecular complexity index is 436. The largest absolute Gasteiger partial charge is 0.310 e. The maximum absolute atomic E-state index is 13.7. The highest BCUT2D eigenvalue weighted by Crippen LogP contribution is 2.17. The van der Waals surface area contributed by atoms with E-state index in [9.17, 15) is 4.39 Å². The monoisotopic (exact) mass is 342 g/mol. The molecule has 112 valence electrons. The fourth-order valence-corrected chi connectivity index (χ4v) is 3.18. The normalized spacial score (nSPS) is 21.1. The van der Waals surface area contributed by atoms with Gasteiger partial charge < -0.3 is 10.2 Å². The second-order valence-electron chi connectivity index (χ2n) is 5.87. The van der Waals surface area contributed by atoms with Gasteiger partial charge in [0.05, 0.1) is 0 Å². The molecule has 1 saturated heterocycles. The first-order valence-electron chi connectivity index (χ1n) is 7.47. The number of hydrogen-bond acceptors (Lipinski definition) is 2. The lowest BCUT2D eigenvalue weighted by Gasteiger charge is -2.24. The molecule has 1 atom stereocenters. The molecule has 2 nitrogen and oxygen atoms in total. The summed E-state index contributed by atoms with van der Waals surface area (Å²) in [5, 5.41) is 3.52. The van der Waals surface area contributed by atoms with Crippen molar-refractivity contribution in [1.29, 1.82) is 0 Å². The molecule has 0 spiro atoms. The van der Waals surface area contributed by atoms with Crippen molar-refractivity contribution in [3.05, 3.63) is 34.1 Å². The molecule has 0 saturated carbocycles. The van der Waals surface area contributed by atoms with Gasteiger partial charge in [-0.25, -0.2) is 4.39 Å². The summed E-state index contributed by atoms with van der Waals surface area (Å²) in [6, 6.07) is 6.24. The van der Waals surface area contributed by atoms with E-state index < -0.39 is 0 Å². The van der Waals surface area contributed by atoms with Crippen LogP contribution in [0.4, 0.5) is 4.39 Å². The van der Waals surface area contributed by atoms with E-state index in [0.717, 1.165) is 23.0 Å². The average Bonchev–Trinajstić information content (AvgIpc) is 2.65. The highest BCUT2D eigenvalue weighted by atomic mass is 79.9. The second-order valence-corrected chi connectivity index (χ2v) is 6.79. The smallest absolute Gasteiger partial charge is 0.127 e. The summed E-state index contributed by atoms with van der Waals surface area (Å²) in [4.78, 5) is 2.53. The molecule has 1 aliphatic heterocycles. The van der Waals surface area contributed by atoms with Crippen LogP contribution in [0.2, 0.25) is 0 Å². The lowest BCUT2D eigenvalue weighted by atomic mass is 10.1. The van der Waals surface area contributed by atoms with Gasteiger partial charge in [0.25, 0.3) is 0 Å². The summed E-state index contributed by atoms with van der Waals surface area (Å²) in [7, 11) is 0. The third kappa shape index (κ3) is 4.54. The van der Waals surface area contributed by atoms with Gasteiger partial charge in [-0.3, -0.25) is 0 Å². The maximum atomic E-state index is 13.7. The summed E-state index contributed by atoms with van der Waals surface area (Å²) in [6.45, 7) is 7.43. The van der Waals surface area contributed by atoms with Crippen molar-refractivity contribution in [3.63, 3.8) is 0 Å². The zero-order chi connectivity index (χ0) is 14.5. The van der Waals surface area contributed by atoms with Crippen LogP contribution in [0.5, 0.6) is 0 Å². The Morgan fingerprint density at radius 2 is 2.15 bits per heavy atom. The van der Waals surface area contributed by atoms with Gasteiger partial charge in [0.1, 0.15) is 5.82 Å². The number of benzene rings is 1. The van der Waals surface area contributed by atoms with Crippen molar-refractivity contribution in [2.24, 2.45) is 0 Å². The molecule has 1 aromatic carbocycles. The Kier molecular flexibility index (Phi) is 6.00. The lowest BCUT2D eigenvalue weighted by molar-refractivity contribution is 0.229. The molecule has 0 aromatic heterocycles. The Morgan fingerprint density at radius 1 is 1.35 bits per heavy atom. The van der Waals surface area contributed by atoms with E-state index >= 15 is 0 Å². The van der Waals surface area contributed by atoms with Crippen LogP contribution in [0.1, 0.15) is 38.7 Å². The first kappa shape index (κ1) is 15.9. The molecule has 2 rings (SSSR count). The number of likely N-dealkylation sites (tertiary alicyclic amines) is 1. The van der Waals surface area contributed by atoms with Gasteiger partial charge >= 0.3 is 0 Å². The highest BCUT2D eigenvalue weighted by molar-refractivity contribution is 9.10. The first-order chi connectivity index (χ1) is 9.56. The van der Waals surface area contributed by atoms with Crippen LogP contribution in [-0.2, 0) is 6.54 Å². The highest BCUT2D eigenvalue weighted by Gasteiger charge is 2.18. The first-order valence-corrected chi connectivity index (χ1v) is 8.27. The number of nitrogens with zero attached hydrogens (tertiary/aromatic N) is 1. The van der Waals surface area contributed by atoms with Gasteiger partial charge in [-0.1, -0.05) is 15.9 Å². The third-order valence-corrected chi connectivity index (χ3v) is 4.58. The van der Waals surface area contributed by atoms with Crippen molar-refractivity contribution < 1.29 is 4.39 Å². The van der Waals surface area contributed by atoms with Crippen molar-refractivity contribution in [2.75, 3.05) is 13.1 Å². The van der Waals surface area contributed by atoms with Gasteiger partial charge in [-0.15, -0.1) is 0 Å². The number of rotatable bonds is 4. The van der Waals surface area contributed by atoms with E-state index in [1.807, 2.05) is 6.07 Å². The SMILES string of the molecule is CC(C)N1CCCC(NCc2cc(Br)ccc2F)CC1. The Labute approximate surface area is 129 Å². The Hall–Kier alpha value is -0.450. The predicted octanol–water partition coefficient (Wildman–Crippen LogP) is 3.94. The average molecular weight is 343 g/mol. The van der Waals surface area contributed by atoms with E-state index in [0.29, 0.717) is 18.6 Å². The van der Waals surface area contributed by atoms with Gasteiger partial charge in [-0.05, 0) is 64.4 Å². The quantitative estimate of drug-likeness (QED) is 0.891. The van der Waals surface area contributed by atoms with Crippen molar-refractivity contribution in [1.82, 2.24) is 10.2 Å². The van der Waals surface area contributed by atoms with Crippen molar-refractivity contribution >= 4 is 15.9 Å². The molecule has 20 heavy (non-hydrogen) atoms. The number of hydrogen-bond donors (Lipinski definition) is 1. The van der Waals surface area contributed by atoms with Crippen LogP contribution in [-0.4, -0.2) is 30.1 Å². The molecule has 1 aromatic rings.